The van der Waals surface area contributed by atoms with E-state index in [1.165, 1.54) is 0 Å². The molecule has 0 aliphatic carbocycles. The van der Waals surface area contributed by atoms with Crippen LogP contribution in [0, 0.1) is 11.3 Å². The average Bonchev–Trinajstić information content (AvgIpc) is 2.59. The zero-order chi connectivity index (χ0) is 17.4. The number of amides is 1. The summed E-state index contributed by atoms with van der Waals surface area (Å²) in [6, 6.07) is 12.2. The van der Waals surface area contributed by atoms with Crippen molar-refractivity contribution >= 4 is 17.4 Å². The molecule has 1 heterocycles. The van der Waals surface area contributed by atoms with Crippen LogP contribution in [0.4, 0.5) is 11.5 Å². The molecule has 0 saturated carbocycles. The van der Waals surface area contributed by atoms with Gasteiger partial charge in [0.1, 0.15) is 5.82 Å². The van der Waals surface area contributed by atoms with Crippen LogP contribution in [0.15, 0.2) is 42.6 Å². The van der Waals surface area contributed by atoms with E-state index in [1.807, 2.05) is 20.2 Å². The topological polar surface area (TPSA) is 81.0 Å². The summed E-state index contributed by atoms with van der Waals surface area (Å²) in [6.45, 7) is 1.79. The maximum Gasteiger partial charge on any atom is 0.255 e. The summed E-state index contributed by atoms with van der Waals surface area (Å²) in [7, 11) is 4.07. The number of nitriles is 1. The van der Waals surface area contributed by atoms with Gasteiger partial charge in [0.25, 0.3) is 5.91 Å². The van der Waals surface area contributed by atoms with E-state index < -0.39 is 0 Å². The quantitative estimate of drug-likeness (QED) is 0.765. The molecule has 0 radical (unpaired) electrons. The molecule has 2 N–H and O–H groups in total. The fourth-order valence-electron chi connectivity index (χ4n) is 2.11. The number of nitrogens with one attached hydrogen (secondary N) is 2. The summed E-state index contributed by atoms with van der Waals surface area (Å²) in [5.74, 6) is 0.472. The summed E-state index contributed by atoms with van der Waals surface area (Å²) in [5.41, 5.74) is 1.74. The molecule has 6 nitrogen and oxygen atoms in total. The molecule has 0 fully saturated rings. The standard InChI is InChI=1S/C18H21N5O/c1-23(2)11-3-9-20-17-12-15(8-10-21-17)18(24)22-16-6-4-14(13-19)5-7-16/h4-8,10,12H,3,9,11H2,1-2H3,(H,20,21)(H,22,24). The highest BCUT2D eigenvalue weighted by Crippen LogP contribution is 2.12. The second-order valence-corrected chi connectivity index (χ2v) is 5.66. The molecule has 0 bridgehead atoms. The van der Waals surface area contributed by atoms with Gasteiger partial charge in [0.15, 0.2) is 0 Å². The first-order valence-electron chi connectivity index (χ1n) is 7.74. The van der Waals surface area contributed by atoms with Crippen molar-refractivity contribution in [2.24, 2.45) is 0 Å². The van der Waals surface area contributed by atoms with Crippen LogP contribution < -0.4 is 10.6 Å². The predicted molar refractivity (Wildman–Crippen MR) is 95.0 cm³/mol. The summed E-state index contributed by atoms with van der Waals surface area (Å²) in [4.78, 5) is 18.7. The lowest BCUT2D eigenvalue weighted by molar-refractivity contribution is 0.102. The lowest BCUT2D eigenvalue weighted by Gasteiger charge is -2.11. The molecule has 1 aromatic heterocycles. The molecular formula is C18H21N5O. The Morgan fingerprint density at radius 3 is 2.67 bits per heavy atom. The van der Waals surface area contributed by atoms with Crippen LogP contribution in [0.3, 0.4) is 0 Å². The van der Waals surface area contributed by atoms with Crippen molar-refractivity contribution in [1.29, 1.82) is 5.26 Å². The first-order chi connectivity index (χ1) is 11.6. The number of carbonyl (C=O) groups is 1. The van der Waals surface area contributed by atoms with Crippen LogP contribution in [0.25, 0.3) is 0 Å². The van der Waals surface area contributed by atoms with E-state index in [0.29, 0.717) is 22.6 Å². The molecule has 0 spiro atoms. The molecule has 24 heavy (non-hydrogen) atoms. The Balaban J connectivity index is 1.94. The maximum atomic E-state index is 12.3. The number of carbonyl (C=O) groups excluding carboxylic acids is 1. The molecule has 2 aromatic rings. The number of nitrogens with zero attached hydrogens (tertiary/aromatic N) is 3. The molecule has 6 heteroatoms. The van der Waals surface area contributed by atoms with Gasteiger partial charge in [0, 0.05) is 24.0 Å². The molecule has 0 aliphatic rings. The normalized spacial score (nSPS) is 10.2. The van der Waals surface area contributed by atoms with Gasteiger partial charge < -0.3 is 15.5 Å². The minimum atomic E-state index is -0.210. The van der Waals surface area contributed by atoms with Crippen molar-refractivity contribution < 1.29 is 4.79 Å². The van der Waals surface area contributed by atoms with Gasteiger partial charge in [-0.2, -0.15) is 5.26 Å². The lowest BCUT2D eigenvalue weighted by Crippen LogP contribution is -2.17. The molecule has 0 aliphatic heterocycles. The van der Waals surface area contributed by atoms with E-state index in [4.69, 9.17) is 5.26 Å². The van der Waals surface area contributed by atoms with Crippen LogP contribution in [0.1, 0.15) is 22.3 Å². The van der Waals surface area contributed by atoms with Gasteiger partial charge >= 0.3 is 0 Å². The number of rotatable bonds is 7. The lowest BCUT2D eigenvalue weighted by atomic mass is 10.2. The van der Waals surface area contributed by atoms with Crippen molar-refractivity contribution in [2.75, 3.05) is 37.8 Å². The van der Waals surface area contributed by atoms with E-state index in [0.717, 1.165) is 19.5 Å². The molecule has 1 aromatic carbocycles. The van der Waals surface area contributed by atoms with Gasteiger partial charge in [-0.1, -0.05) is 0 Å². The Labute approximate surface area is 142 Å². The van der Waals surface area contributed by atoms with E-state index in [9.17, 15) is 4.79 Å². The van der Waals surface area contributed by atoms with Crippen LogP contribution in [0.2, 0.25) is 0 Å². The molecule has 0 saturated heterocycles. The van der Waals surface area contributed by atoms with Crippen LogP contribution >= 0.6 is 0 Å². The number of hydrogen-bond donors (Lipinski definition) is 2. The highest BCUT2D eigenvalue weighted by molar-refractivity contribution is 6.04. The van der Waals surface area contributed by atoms with Crippen molar-refractivity contribution in [2.45, 2.75) is 6.42 Å². The predicted octanol–water partition coefficient (Wildman–Crippen LogP) is 2.57. The molecular weight excluding hydrogens is 302 g/mol. The van der Waals surface area contributed by atoms with E-state index in [1.54, 1.807) is 42.6 Å². The fourth-order valence-corrected chi connectivity index (χ4v) is 2.11. The highest BCUT2D eigenvalue weighted by atomic mass is 16.1. The van der Waals surface area contributed by atoms with Gasteiger partial charge in [-0.25, -0.2) is 4.98 Å². The fraction of sp³-hybridized carbons (Fsp3) is 0.278. The summed E-state index contributed by atoms with van der Waals surface area (Å²) < 4.78 is 0. The van der Waals surface area contributed by atoms with Crippen LogP contribution in [-0.4, -0.2) is 43.0 Å². The Morgan fingerprint density at radius 2 is 2.00 bits per heavy atom. The number of aromatic nitrogens is 1. The van der Waals surface area contributed by atoms with Crippen molar-refractivity contribution in [3.8, 4) is 6.07 Å². The third-order valence-corrected chi connectivity index (χ3v) is 3.38. The van der Waals surface area contributed by atoms with Gasteiger partial charge in [-0.05, 0) is 63.5 Å². The maximum absolute atomic E-state index is 12.3. The van der Waals surface area contributed by atoms with Gasteiger partial charge in [0.2, 0.25) is 0 Å². The van der Waals surface area contributed by atoms with Crippen molar-refractivity contribution in [3.63, 3.8) is 0 Å². The van der Waals surface area contributed by atoms with E-state index in [-0.39, 0.29) is 5.91 Å². The number of benzene rings is 1. The largest absolute Gasteiger partial charge is 0.370 e. The second-order valence-electron chi connectivity index (χ2n) is 5.66. The molecule has 2 rings (SSSR count). The Morgan fingerprint density at radius 1 is 1.25 bits per heavy atom. The van der Waals surface area contributed by atoms with Gasteiger partial charge in [-0.3, -0.25) is 4.79 Å². The van der Waals surface area contributed by atoms with Crippen molar-refractivity contribution in [1.82, 2.24) is 9.88 Å². The zero-order valence-corrected chi connectivity index (χ0v) is 13.9. The van der Waals surface area contributed by atoms with Gasteiger partial charge in [-0.15, -0.1) is 0 Å². The van der Waals surface area contributed by atoms with E-state index in [2.05, 4.69) is 20.5 Å². The Bertz CT molecular complexity index is 719. The minimum absolute atomic E-state index is 0.210. The molecule has 0 atom stereocenters. The van der Waals surface area contributed by atoms with Crippen LogP contribution in [0.5, 0.6) is 0 Å². The van der Waals surface area contributed by atoms with Gasteiger partial charge in [0.05, 0.1) is 11.6 Å². The Kier molecular flexibility index (Phi) is 6.29. The van der Waals surface area contributed by atoms with Crippen molar-refractivity contribution in [3.05, 3.63) is 53.7 Å². The van der Waals surface area contributed by atoms with E-state index >= 15 is 0 Å². The average molecular weight is 323 g/mol. The first kappa shape index (κ1) is 17.4. The molecule has 0 unspecified atom stereocenters. The zero-order valence-electron chi connectivity index (χ0n) is 13.9. The number of pyridine rings is 1. The first-order valence-corrected chi connectivity index (χ1v) is 7.74. The third-order valence-electron chi connectivity index (χ3n) is 3.38. The van der Waals surface area contributed by atoms with Crippen LogP contribution in [-0.2, 0) is 0 Å². The Hall–Kier alpha value is -2.91. The number of anilines is 2. The summed E-state index contributed by atoms with van der Waals surface area (Å²) >= 11 is 0. The smallest absolute Gasteiger partial charge is 0.255 e. The monoisotopic (exact) mass is 323 g/mol. The SMILES string of the molecule is CN(C)CCCNc1cc(C(=O)Nc2ccc(C#N)cc2)ccn1. The molecule has 1 amide bonds. The highest BCUT2D eigenvalue weighted by Gasteiger charge is 2.07. The summed E-state index contributed by atoms with van der Waals surface area (Å²) in [5, 5.41) is 14.8. The molecule has 124 valence electrons. The minimum Gasteiger partial charge on any atom is -0.370 e. The second kappa shape index (κ2) is 8.65. The summed E-state index contributed by atoms with van der Waals surface area (Å²) in [6.07, 6.45) is 2.61. The number of hydrogen-bond acceptors (Lipinski definition) is 5. The third kappa shape index (κ3) is 5.38.